The fraction of sp³-hybridized carbons (Fsp3) is 0.357. The van der Waals surface area contributed by atoms with Crippen molar-refractivity contribution < 1.29 is 9.53 Å². The molecule has 2 N–H and O–H groups in total. The van der Waals surface area contributed by atoms with Gasteiger partial charge in [0.15, 0.2) is 0 Å². The van der Waals surface area contributed by atoms with Crippen molar-refractivity contribution in [1.29, 1.82) is 0 Å². The summed E-state index contributed by atoms with van der Waals surface area (Å²) in [4.78, 5) is 12.1. The van der Waals surface area contributed by atoms with E-state index in [9.17, 15) is 4.79 Å². The van der Waals surface area contributed by atoms with E-state index in [1.165, 1.54) is 11.1 Å². The second-order valence-corrected chi connectivity index (χ2v) is 6.90. The van der Waals surface area contributed by atoms with Gasteiger partial charge < -0.3 is 0 Å². The van der Waals surface area contributed by atoms with Crippen LogP contribution in [-0.2, 0) is 9.53 Å². The summed E-state index contributed by atoms with van der Waals surface area (Å²) >= 11 is 0.150. The van der Waals surface area contributed by atoms with Crippen LogP contribution in [0.15, 0.2) is 34.4 Å². The molecule has 0 radical (unpaired) electrons. The van der Waals surface area contributed by atoms with Crippen LogP contribution in [0, 0.1) is 6.92 Å². The average Bonchev–Trinajstić information content (AvgIpc) is 2.72. The summed E-state index contributed by atoms with van der Waals surface area (Å²) in [7, 11) is 0. The molecule has 0 saturated heterocycles. The molecule has 0 aliphatic carbocycles. The van der Waals surface area contributed by atoms with Crippen molar-refractivity contribution in [2.45, 2.75) is 25.1 Å². The Balaban J connectivity index is 2.10. The maximum absolute atomic E-state index is 11.7. The molecule has 1 aliphatic heterocycles. The number of carbonyl (C=O) groups is 1. The predicted octanol–water partition coefficient (Wildman–Crippen LogP) is 1.88. The fourth-order valence-corrected chi connectivity index (χ4v) is 4.35. The zero-order chi connectivity index (χ0) is 13.1. The number of ether oxygens (including phenoxy) is 1. The van der Waals surface area contributed by atoms with Gasteiger partial charge in [-0.1, -0.05) is 0 Å². The minimum absolute atomic E-state index is 0.150. The van der Waals surface area contributed by atoms with Crippen LogP contribution < -0.4 is 5.73 Å². The second kappa shape index (κ2) is 5.59. The Kier molecular flexibility index (Phi) is 4.10. The van der Waals surface area contributed by atoms with E-state index in [2.05, 4.69) is 31.2 Å². The average molecular weight is 310 g/mol. The van der Waals surface area contributed by atoms with Crippen LogP contribution >= 0.6 is 0 Å². The molecule has 3 nitrogen and oxygen atoms in total. The third-order valence-electron chi connectivity index (χ3n) is 2.93. The van der Waals surface area contributed by atoms with Crippen LogP contribution in [-0.4, -0.2) is 27.5 Å². The van der Waals surface area contributed by atoms with Gasteiger partial charge in [-0.25, -0.2) is 0 Å². The number of nitrogens with two attached hydrogens (primary N) is 1. The Morgan fingerprint density at radius 3 is 2.72 bits per heavy atom. The Morgan fingerprint density at radius 2 is 2.11 bits per heavy atom. The summed E-state index contributed by atoms with van der Waals surface area (Å²) in [5.41, 5.74) is 9.17. The molecule has 1 heterocycles. The molecule has 0 saturated carbocycles. The molecule has 0 amide bonds. The molecular weight excluding hydrogens is 293 g/mol. The number of rotatable bonds is 3. The van der Waals surface area contributed by atoms with Crippen LogP contribution in [0.25, 0.3) is 0 Å². The molecule has 96 valence electrons. The van der Waals surface area contributed by atoms with E-state index in [-0.39, 0.29) is 20.9 Å². The van der Waals surface area contributed by atoms with Crippen molar-refractivity contribution in [3.05, 3.63) is 45.6 Å². The number of carbonyl (C=O) groups excluding carboxylic acids is 1. The first-order chi connectivity index (χ1) is 8.61. The molecule has 1 aromatic carbocycles. The van der Waals surface area contributed by atoms with E-state index < -0.39 is 0 Å². The summed E-state index contributed by atoms with van der Waals surface area (Å²) in [6.07, 6.45) is 0.716. The first-order valence-corrected chi connectivity index (χ1v) is 7.85. The summed E-state index contributed by atoms with van der Waals surface area (Å²) in [5, 5.41) is 0. The van der Waals surface area contributed by atoms with Gasteiger partial charge in [0, 0.05) is 0 Å². The van der Waals surface area contributed by atoms with Crippen molar-refractivity contribution in [2.75, 3.05) is 6.61 Å². The summed E-state index contributed by atoms with van der Waals surface area (Å²) < 4.78 is 5.77. The van der Waals surface area contributed by atoms with Gasteiger partial charge in [0.25, 0.3) is 0 Å². The van der Waals surface area contributed by atoms with Crippen LogP contribution in [0.5, 0.6) is 0 Å². The predicted molar refractivity (Wildman–Crippen MR) is 72.1 cm³/mol. The number of hydrogen-bond donors (Lipinski definition) is 1. The molecule has 1 unspecified atom stereocenters. The van der Waals surface area contributed by atoms with E-state index in [4.69, 9.17) is 10.5 Å². The van der Waals surface area contributed by atoms with E-state index in [1.54, 1.807) is 0 Å². The normalized spacial score (nSPS) is 19.1. The van der Waals surface area contributed by atoms with Gasteiger partial charge in [-0.3, -0.25) is 0 Å². The number of aryl methyl sites for hydroxylation is 1. The maximum atomic E-state index is 11.7. The van der Waals surface area contributed by atoms with E-state index in [0.717, 1.165) is 4.60 Å². The van der Waals surface area contributed by atoms with Crippen LogP contribution in [0.4, 0.5) is 0 Å². The molecule has 4 heteroatoms. The Bertz CT molecular complexity index is 479. The number of benzene rings is 1. The molecule has 1 aromatic rings. The quantitative estimate of drug-likeness (QED) is 0.685. The van der Waals surface area contributed by atoms with Crippen molar-refractivity contribution in [1.82, 2.24) is 0 Å². The molecule has 1 atom stereocenters. The van der Waals surface area contributed by atoms with E-state index in [0.29, 0.717) is 23.4 Å². The van der Waals surface area contributed by atoms with Crippen molar-refractivity contribution in [3.63, 3.8) is 0 Å². The van der Waals surface area contributed by atoms with Gasteiger partial charge in [0.1, 0.15) is 0 Å². The van der Waals surface area contributed by atoms with Crippen LogP contribution in [0.3, 0.4) is 0 Å². The van der Waals surface area contributed by atoms with Crippen molar-refractivity contribution >= 4 is 20.9 Å². The minimum atomic E-state index is -0.244. The second-order valence-electron chi connectivity index (χ2n) is 4.28. The van der Waals surface area contributed by atoms with E-state index >= 15 is 0 Å². The van der Waals surface area contributed by atoms with Gasteiger partial charge in [-0.2, -0.15) is 0 Å². The van der Waals surface area contributed by atoms with Gasteiger partial charge in [0.2, 0.25) is 0 Å². The van der Waals surface area contributed by atoms with Gasteiger partial charge in [0.05, 0.1) is 0 Å². The van der Waals surface area contributed by atoms with Crippen molar-refractivity contribution in [3.8, 4) is 0 Å². The monoisotopic (exact) mass is 311 g/mol. The third kappa shape index (κ3) is 2.77. The van der Waals surface area contributed by atoms with Crippen LogP contribution in [0.2, 0.25) is 0 Å². The molecule has 0 aromatic heterocycles. The Morgan fingerprint density at radius 1 is 1.44 bits per heavy atom. The summed E-state index contributed by atoms with van der Waals surface area (Å²) in [6, 6.07) is 8.46. The molecule has 1 aliphatic rings. The zero-order valence-electron chi connectivity index (χ0n) is 10.6. The molecule has 18 heavy (non-hydrogen) atoms. The first kappa shape index (κ1) is 13.2. The summed E-state index contributed by atoms with van der Waals surface area (Å²) in [6.45, 7) is 4.28. The standard InChI is InChI=1S/C14H17NO2Se/c1-3-17-14(16)11-8-12(18-13(11)15)10-6-4-9(2)5-7-10/h4-7,12H,3,8,15H2,1-2H3. The zero-order valence-corrected chi connectivity index (χ0v) is 12.3. The fourth-order valence-electron chi connectivity index (χ4n) is 1.92. The topological polar surface area (TPSA) is 52.3 Å². The molecule has 0 spiro atoms. The number of esters is 1. The van der Waals surface area contributed by atoms with Crippen molar-refractivity contribution in [2.24, 2.45) is 5.73 Å². The SMILES string of the molecule is CCOC(=O)C1=C(N)[Se]C(c2ccc(C)cc2)C1. The Labute approximate surface area is 114 Å². The van der Waals surface area contributed by atoms with Gasteiger partial charge in [-0.15, -0.1) is 0 Å². The molecular formula is C14H17NO2Se. The van der Waals surface area contributed by atoms with E-state index in [1.807, 2.05) is 6.92 Å². The molecule has 2 rings (SSSR count). The summed E-state index contributed by atoms with van der Waals surface area (Å²) in [5.74, 6) is -0.244. The third-order valence-corrected chi connectivity index (χ3v) is 5.49. The first-order valence-electron chi connectivity index (χ1n) is 6.00. The number of hydrogen-bond acceptors (Lipinski definition) is 3. The molecule has 0 fully saturated rings. The van der Waals surface area contributed by atoms with Crippen LogP contribution in [0.1, 0.15) is 29.3 Å². The van der Waals surface area contributed by atoms with Gasteiger partial charge >= 0.3 is 113 Å². The van der Waals surface area contributed by atoms with Gasteiger partial charge in [-0.05, 0) is 0 Å². The molecule has 0 bridgehead atoms. The Hall–Kier alpha value is -1.25.